The number of rotatable bonds is 7. The van der Waals surface area contributed by atoms with Gasteiger partial charge in [0, 0.05) is 19.0 Å². The second-order valence-electron chi connectivity index (χ2n) is 7.89. The van der Waals surface area contributed by atoms with Gasteiger partial charge in [-0.1, -0.05) is 6.07 Å². The number of hydrogen-bond acceptors (Lipinski definition) is 9. The Labute approximate surface area is 201 Å². The van der Waals surface area contributed by atoms with Crippen molar-refractivity contribution >= 4 is 18.0 Å². The van der Waals surface area contributed by atoms with Crippen LogP contribution in [0.2, 0.25) is 0 Å². The molecule has 0 saturated carbocycles. The number of amides is 1. The smallest absolute Gasteiger partial charge is 0.328 e. The zero-order chi connectivity index (χ0) is 25.1. The highest BCUT2D eigenvalue weighted by Crippen LogP contribution is 2.36. The number of aryl methyl sites for hydroxylation is 1. The Morgan fingerprint density at radius 3 is 2.43 bits per heavy atom. The lowest BCUT2D eigenvalue weighted by molar-refractivity contribution is -0.149. The van der Waals surface area contributed by atoms with E-state index >= 15 is 0 Å². The molecule has 0 aliphatic carbocycles. The van der Waals surface area contributed by atoms with Crippen LogP contribution in [0.4, 0.5) is 0 Å². The summed E-state index contributed by atoms with van der Waals surface area (Å²) in [7, 11) is 4.31. The highest BCUT2D eigenvalue weighted by atomic mass is 16.5. The maximum absolute atomic E-state index is 13.0. The molecule has 1 fully saturated rings. The zero-order valence-electron chi connectivity index (χ0n) is 19.8. The number of ether oxygens (including phenoxy) is 3. The quantitative estimate of drug-likeness (QED) is 0.397. The van der Waals surface area contributed by atoms with E-state index in [1.54, 1.807) is 34.9 Å². The summed E-state index contributed by atoms with van der Waals surface area (Å²) >= 11 is 0. The fraction of sp³-hybridized carbons (Fsp3) is 0.333. The molecule has 2 aromatic heterocycles. The number of aromatic nitrogens is 3. The molecule has 2 atom stereocenters. The van der Waals surface area contributed by atoms with Gasteiger partial charge in [-0.15, -0.1) is 10.2 Å². The topological polar surface area (TPSA) is 129 Å². The molecule has 1 saturated heterocycles. The molecular formula is C24H26N4O7. The Hall–Kier alpha value is -4.12. The number of aliphatic hydroxyl groups excluding tert-OH is 1. The van der Waals surface area contributed by atoms with Gasteiger partial charge in [-0.05, 0) is 37.3 Å². The predicted molar refractivity (Wildman–Crippen MR) is 124 cm³/mol. The Balaban J connectivity index is 1.78. The van der Waals surface area contributed by atoms with E-state index in [4.69, 9.17) is 18.6 Å². The van der Waals surface area contributed by atoms with Crippen LogP contribution in [0.1, 0.15) is 18.0 Å². The van der Waals surface area contributed by atoms with Crippen molar-refractivity contribution in [3.05, 3.63) is 48.0 Å². The number of nitrogens with zero attached hydrogens (tertiary/aromatic N) is 4. The standard InChI is InChI=1S/C24H26N4O7/c1-14-8-9-19(35-14)23-26-25-20(28(23)22-17(32-2)6-5-7-18(22)33-3)10-11-21(30)27-13-15(29)12-16(27)24(31)34-4/h5-11,15-16,29H,12-13H2,1-4H3/b11-10+/t15-,16?/m1/s1. The molecule has 1 N–H and O–H groups in total. The monoisotopic (exact) mass is 482 g/mol. The largest absolute Gasteiger partial charge is 0.494 e. The number of benzene rings is 1. The van der Waals surface area contributed by atoms with Crippen molar-refractivity contribution in [2.75, 3.05) is 27.9 Å². The number of likely N-dealkylation sites (tertiary alicyclic amines) is 1. The highest BCUT2D eigenvalue weighted by molar-refractivity contribution is 5.95. The number of carbonyl (C=O) groups excluding carboxylic acids is 2. The van der Waals surface area contributed by atoms with Gasteiger partial charge in [-0.2, -0.15) is 0 Å². The normalized spacial score (nSPS) is 17.7. The van der Waals surface area contributed by atoms with Crippen molar-refractivity contribution in [2.24, 2.45) is 0 Å². The second-order valence-corrected chi connectivity index (χ2v) is 7.89. The van der Waals surface area contributed by atoms with E-state index < -0.39 is 24.0 Å². The highest BCUT2D eigenvalue weighted by Gasteiger charge is 2.39. The van der Waals surface area contributed by atoms with E-state index in [9.17, 15) is 14.7 Å². The number of carbonyl (C=O) groups is 2. The first-order chi connectivity index (χ1) is 16.9. The maximum Gasteiger partial charge on any atom is 0.328 e. The lowest BCUT2D eigenvalue weighted by Gasteiger charge is -2.20. The Morgan fingerprint density at radius 2 is 1.83 bits per heavy atom. The summed E-state index contributed by atoms with van der Waals surface area (Å²) in [5.41, 5.74) is 0.516. The number of methoxy groups -OCH3 is 3. The van der Waals surface area contributed by atoms with Crippen LogP contribution in [0.25, 0.3) is 23.3 Å². The summed E-state index contributed by atoms with van der Waals surface area (Å²) in [6.45, 7) is 1.84. The fourth-order valence-corrected chi connectivity index (χ4v) is 4.05. The molecule has 0 radical (unpaired) electrons. The Morgan fingerprint density at radius 1 is 1.11 bits per heavy atom. The Kier molecular flexibility index (Phi) is 6.87. The molecule has 35 heavy (non-hydrogen) atoms. The number of furan rings is 1. The lowest BCUT2D eigenvalue weighted by Crippen LogP contribution is -2.40. The first-order valence-corrected chi connectivity index (χ1v) is 10.9. The average Bonchev–Trinajstić information content (AvgIpc) is 3.59. The molecule has 1 aromatic carbocycles. The minimum atomic E-state index is -0.860. The molecule has 11 heteroatoms. The summed E-state index contributed by atoms with van der Waals surface area (Å²) in [6.07, 6.45) is 2.04. The first kappa shape index (κ1) is 24.0. The van der Waals surface area contributed by atoms with Crippen molar-refractivity contribution in [3.63, 3.8) is 0 Å². The summed E-state index contributed by atoms with van der Waals surface area (Å²) in [4.78, 5) is 26.3. The van der Waals surface area contributed by atoms with Crippen molar-refractivity contribution in [1.82, 2.24) is 19.7 Å². The summed E-state index contributed by atoms with van der Waals surface area (Å²) in [5, 5.41) is 18.5. The molecule has 11 nitrogen and oxygen atoms in total. The Bertz CT molecular complexity index is 1240. The fourth-order valence-electron chi connectivity index (χ4n) is 4.05. The van der Waals surface area contributed by atoms with E-state index in [2.05, 4.69) is 10.2 Å². The van der Waals surface area contributed by atoms with Crippen LogP contribution in [0.3, 0.4) is 0 Å². The van der Waals surface area contributed by atoms with Crippen molar-refractivity contribution in [3.8, 4) is 28.8 Å². The third kappa shape index (κ3) is 4.62. The van der Waals surface area contributed by atoms with E-state index in [-0.39, 0.29) is 13.0 Å². The molecule has 1 aliphatic rings. The molecule has 3 heterocycles. The van der Waals surface area contributed by atoms with Gasteiger partial charge in [-0.3, -0.25) is 9.36 Å². The van der Waals surface area contributed by atoms with E-state index in [1.807, 2.05) is 6.92 Å². The SMILES string of the molecule is COC(=O)C1C[C@@H](O)CN1C(=O)/C=C/c1nnc(-c2ccc(C)o2)n1-c1c(OC)cccc1OC. The van der Waals surface area contributed by atoms with Crippen LogP contribution >= 0.6 is 0 Å². The lowest BCUT2D eigenvalue weighted by atomic mass is 10.2. The number of para-hydroxylation sites is 1. The molecular weight excluding hydrogens is 456 g/mol. The van der Waals surface area contributed by atoms with Gasteiger partial charge in [0.25, 0.3) is 0 Å². The molecule has 3 aromatic rings. The van der Waals surface area contributed by atoms with Crippen LogP contribution in [0, 0.1) is 6.92 Å². The minimum absolute atomic E-state index is 0.0207. The summed E-state index contributed by atoms with van der Waals surface area (Å²) in [6, 6.07) is 8.02. The molecule has 0 spiro atoms. The minimum Gasteiger partial charge on any atom is -0.494 e. The predicted octanol–water partition coefficient (Wildman–Crippen LogP) is 2.00. The van der Waals surface area contributed by atoms with E-state index in [1.165, 1.54) is 38.4 Å². The number of β-amino-alcohol motifs (C(OH)–C–C–N with tert-alkyl or cyclic N) is 1. The van der Waals surface area contributed by atoms with Crippen LogP contribution in [0.5, 0.6) is 11.5 Å². The maximum atomic E-state index is 13.0. The molecule has 184 valence electrons. The third-order valence-corrected chi connectivity index (χ3v) is 5.68. The van der Waals surface area contributed by atoms with Gasteiger partial charge in [-0.25, -0.2) is 4.79 Å². The van der Waals surface area contributed by atoms with Crippen LogP contribution in [-0.4, -0.2) is 76.7 Å². The number of esters is 1. The van der Waals surface area contributed by atoms with Gasteiger partial charge in [0.1, 0.15) is 29.0 Å². The number of hydrogen-bond donors (Lipinski definition) is 1. The van der Waals surface area contributed by atoms with Crippen molar-refractivity contribution < 1.29 is 33.3 Å². The van der Waals surface area contributed by atoms with E-state index in [0.717, 1.165) is 0 Å². The molecule has 0 bridgehead atoms. The first-order valence-electron chi connectivity index (χ1n) is 10.9. The third-order valence-electron chi connectivity index (χ3n) is 5.68. The molecule has 1 aliphatic heterocycles. The van der Waals surface area contributed by atoms with Crippen LogP contribution in [-0.2, 0) is 14.3 Å². The zero-order valence-corrected chi connectivity index (χ0v) is 19.8. The summed E-state index contributed by atoms with van der Waals surface area (Å²) < 4.78 is 23.4. The number of aliphatic hydroxyl groups is 1. The average molecular weight is 482 g/mol. The van der Waals surface area contributed by atoms with E-state index in [0.29, 0.717) is 40.4 Å². The van der Waals surface area contributed by atoms with Crippen molar-refractivity contribution in [2.45, 2.75) is 25.5 Å². The molecule has 4 rings (SSSR count). The van der Waals surface area contributed by atoms with Gasteiger partial charge >= 0.3 is 5.97 Å². The van der Waals surface area contributed by atoms with Crippen LogP contribution in [0.15, 0.2) is 40.8 Å². The van der Waals surface area contributed by atoms with Crippen LogP contribution < -0.4 is 9.47 Å². The molecule has 1 amide bonds. The van der Waals surface area contributed by atoms with Gasteiger partial charge in [0.05, 0.1) is 27.4 Å². The van der Waals surface area contributed by atoms with Gasteiger partial charge in [0.15, 0.2) is 11.6 Å². The second kappa shape index (κ2) is 10.0. The van der Waals surface area contributed by atoms with Crippen molar-refractivity contribution in [1.29, 1.82) is 0 Å². The van der Waals surface area contributed by atoms with Gasteiger partial charge < -0.3 is 28.6 Å². The summed E-state index contributed by atoms with van der Waals surface area (Å²) in [5.74, 6) is 1.73. The molecule has 1 unspecified atom stereocenters. The van der Waals surface area contributed by atoms with Gasteiger partial charge in [0.2, 0.25) is 11.7 Å².